The molecular formula is C11H10N8O2. The van der Waals surface area contributed by atoms with Crippen molar-refractivity contribution in [3.8, 4) is 5.75 Å². The fraction of sp³-hybridized carbons (Fsp3) is 0.0909. The number of rotatable bonds is 3. The molecule has 0 unspecified atom stereocenters. The highest BCUT2D eigenvalue weighted by atomic mass is 16.5. The van der Waals surface area contributed by atoms with Gasteiger partial charge in [0.2, 0.25) is 0 Å². The SMILES string of the molecule is COc1ccc(N=Nc2c(N)nc3nn[nH]n3c2=O)cc1. The second-order valence-electron chi connectivity index (χ2n) is 3.98. The number of nitrogens with zero attached hydrogens (tertiary/aromatic N) is 6. The van der Waals surface area contributed by atoms with E-state index in [-0.39, 0.29) is 17.3 Å². The largest absolute Gasteiger partial charge is 0.497 e. The molecule has 0 aliphatic heterocycles. The van der Waals surface area contributed by atoms with E-state index in [1.807, 2.05) is 0 Å². The Morgan fingerprint density at radius 3 is 2.76 bits per heavy atom. The quantitative estimate of drug-likeness (QED) is 0.684. The highest BCUT2D eigenvalue weighted by molar-refractivity contribution is 5.58. The number of nitrogens with two attached hydrogens (primary N) is 1. The maximum Gasteiger partial charge on any atom is 0.305 e. The number of ether oxygens (including phenoxy) is 1. The van der Waals surface area contributed by atoms with Crippen LogP contribution in [0.25, 0.3) is 5.78 Å². The first-order chi connectivity index (χ1) is 10.2. The van der Waals surface area contributed by atoms with Crippen LogP contribution in [0.15, 0.2) is 39.3 Å². The van der Waals surface area contributed by atoms with Crippen LogP contribution in [0.1, 0.15) is 0 Å². The molecule has 0 spiro atoms. The molecule has 0 saturated heterocycles. The lowest BCUT2D eigenvalue weighted by molar-refractivity contribution is 0.415. The van der Waals surface area contributed by atoms with Crippen molar-refractivity contribution in [1.82, 2.24) is 25.0 Å². The van der Waals surface area contributed by atoms with Gasteiger partial charge in [0.05, 0.1) is 12.8 Å². The summed E-state index contributed by atoms with van der Waals surface area (Å²) in [7, 11) is 1.57. The van der Waals surface area contributed by atoms with Crippen LogP contribution in [0, 0.1) is 0 Å². The smallest absolute Gasteiger partial charge is 0.305 e. The van der Waals surface area contributed by atoms with E-state index in [9.17, 15) is 4.79 Å². The number of nitrogens with one attached hydrogen (secondary N) is 1. The summed E-state index contributed by atoms with van der Waals surface area (Å²) in [6.07, 6.45) is 0. The Balaban J connectivity index is 2.00. The summed E-state index contributed by atoms with van der Waals surface area (Å²) in [5.41, 5.74) is 5.60. The second kappa shape index (κ2) is 5.00. The molecule has 0 fully saturated rings. The molecule has 0 aliphatic rings. The molecule has 3 aromatic rings. The van der Waals surface area contributed by atoms with Crippen LogP contribution >= 0.6 is 0 Å². The molecule has 0 aliphatic carbocycles. The molecule has 3 N–H and O–H groups in total. The van der Waals surface area contributed by atoms with Gasteiger partial charge in [-0.3, -0.25) is 4.79 Å². The van der Waals surface area contributed by atoms with Gasteiger partial charge >= 0.3 is 5.56 Å². The highest BCUT2D eigenvalue weighted by Crippen LogP contribution is 2.21. The van der Waals surface area contributed by atoms with Crippen molar-refractivity contribution in [3.05, 3.63) is 34.6 Å². The number of nitrogen functional groups attached to an aromatic ring is 1. The van der Waals surface area contributed by atoms with Gasteiger partial charge in [0.1, 0.15) is 5.75 Å². The summed E-state index contributed by atoms with van der Waals surface area (Å²) in [5, 5.41) is 17.2. The van der Waals surface area contributed by atoms with Crippen LogP contribution < -0.4 is 16.0 Å². The third-order valence-electron chi connectivity index (χ3n) is 2.69. The lowest BCUT2D eigenvalue weighted by Gasteiger charge is -1.99. The Kier molecular flexibility index (Phi) is 3.03. The van der Waals surface area contributed by atoms with Crippen molar-refractivity contribution in [2.45, 2.75) is 0 Å². The first kappa shape index (κ1) is 12.7. The minimum Gasteiger partial charge on any atom is -0.497 e. The molecule has 0 atom stereocenters. The Labute approximate surface area is 117 Å². The zero-order valence-corrected chi connectivity index (χ0v) is 10.9. The van der Waals surface area contributed by atoms with E-state index >= 15 is 0 Å². The highest BCUT2D eigenvalue weighted by Gasteiger charge is 2.11. The number of hydrogen-bond acceptors (Lipinski definition) is 8. The fourth-order valence-electron chi connectivity index (χ4n) is 1.64. The monoisotopic (exact) mass is 286 g/mol. The lowest BCUT2D eigenvalue weighted by Crippen LogP contribution is -2.16. The fourth-order valence-corrected chi connectivity index (χ4v) is 1.64. The van der Waals surface area contributed by atoms with Gasteiger partial charge < -0.3 is 10.5 Å². The van der Waals surface area contributed by atoms with E-state index in [4.69, 9.17) is 10.5 Å². The number of H-pyrrole nitrogens is 1. The van der Waals surface area contributed by atoms with Crippen LogP contribution in [-0.2, 0) is 0 Å². The van der Waals surface area contributed by atoms with Gasteiger partial charge in [0.25, 0.3) is 5.78 Å². The Morgan fingerprint density at radius 1 is 1.29 bits per heavy atom. The average Bonchev–Trinajstić information content (AvgIpc) is 2.96. The zero-order chi connectivity index (χ0) is 14.8. The topological polar surface area (TPSA) is 136 Å². The molecule has 106 valence electrons. The number of anilines is 1. The Morgan fingerprint density at radius 2 is 2.05 bits per heavy atom. The van der Waals surface area contributed by atoms with Crippen LogP contribution in [0.3, 0.4) is 0 Å². The van der Waals surface area contributed by atoms with Gasteiger partial charge in [-0.1, -0.05) is 5.10 Å². The van der Waals surface area contributed by atoms with E-state index in [2.05, 4.69) is 30.7 Å². The van der Waals surface area contributed by atoms with E-state index in [1.54, 1.807) is 31.4 Å². The Hall–Kier alpha value is -3.30. The summed E-state index contributed by atoms with van der Waals surface area (Å²) in [6.45, 7) is 0. The van der Waals surface area contributed by atoms with Crippen LogP contribution in [-0.4, -0.2) is 32.1 Å². The average molecular weight is 286 g/mol. The Bertz CT molecular complexity index is 864. The third kappa shape index (κ3) is 2.29. The van der Waals surface area contributed by atoms with Gasteiger partial charge in [0, 0.05) is 0 Å². The molecule has 1 aromatic carbocycles. The van der Waals surface area contributed by atoms with Gasteiger partial charge in [-0.15, -0.1) is 5.11 Å². The molecule has 0 bridgehead atoms. The second-order valence-corrected chi connectivity index (χ2v) is 3.98. The molecule has 2 heterocycles. The van der Waals surface area contributed by atoms with Crippen molar-refractivity contribution in [2.75, 3.05) is 12.8 Å². The summed E-state index contributed by atoms with van der Waals surface area (Å²) in [4.78, 5) is 16.0. The molecule has 0 radical (unpaired) electrons. The molecule has 0 amide bonds. The first-order valence-electron chi connectivity index (χ1n) is 5.84. The van der Waals surface area contributed by atoms with Crippen molar-refractivity contribution >= 4 is 23.0 Å². The van der Waals surface area contributed by atoms with Gasteiger partial charge in [-0.2, -0.15) is 19.8 Å². The van der Waals surface area contributed by atoms with Gasteiger partial charge in [-0.05, 0) is 29.5 Å². The van der Waals surface area contributed by atoms with Crippen molar-refractivity contribution in [3.63, 3.8) is 0 Å². The van der Waals surface area contributed by atoms with Gasteiger partial charge in [0.15, 0.2) is 11.5 Å². The maximum absolute atomic E-state index is 12.1. The van der Waals surface area contributed by atoms with Crippen LogP contribution in [0.5, 0.6) is 5.75 Å². The van der Waals surface area contributed by atoms with E-state index in [0.29, 0.717) is 11.4 Å². The molecular weight excluding hydrogens is 276 g/mol. The predicted molar refractivity (Wildman–Crippen MR) is 73.0 cm³/mol. The number of aromatic amines is 1. The number of methoxy groups -OCH3 is 1. The minimum atomic E-state index is -0.528. The van der Waals surface area contributed by atoms with Crippen LogP contribution in [0.2, 0.25) is 0 Å². The molecule has 0 saturated carbocycles. The van der Waals surface area contributed by atoms with E-state index in [0.717, 1.165) is 4.52 Å². The van der Waals surface area contributed by atoms with Crippen LogP contribution in [0.4, 0.5) is 17.2 Å². The lowest BCUT2D eigenvalue weighted by atomic mass is 10.3. The minimum absolute atomic E-state index is 0.0637. The van der Waals surface area contributed by atoms with E-state index in [1.165, 1.54) is 0 Å². The normalized spacial score (nSPS) is 11.3. The molecule has 2 aromatic heterocycles. The number of tetrazole rings is 1. The molecule has 3 rings (SSSR count). The van der Waals surface area contributed by atoms with Crippen molar-refractivity contribution in [2.24, 2.45) is 10.2 Å². The number of hydrogen-bond donors (Lipinski definition) is 2. The zero-order valence-electron chi connectivity index (χ0n) is 10.9. The summed E-state index contributed by atoms with van der Waals surface area (Å²) in [6, 6.07) is 6.84. The predicted octanol–water partition coefficient (Wildman–Crippen LogP) is 0.819. The first-order valence-corrected chi connectivity index (χ1v) is 5.84. The van der Waals surface area contributed by atoms with Crippen molar-refractivity contribution in [1.29, 1.82) is 0 Å². The maximum atomic E-state index is 12.1. The summed E-state index contributed by atoms with van der Waals surface area (Å²) < 4.78 is 6.06. The molecule has 21 heavy (non-hydrogen) atoms. The van der Waals surface area contributed by atoms with E-state index < -0.39 is 5.56 Å². The number of benzene rings is 1. The number of azo groups is 1. The number of fused-ring (bicyclic) bond motifs is 1. The summed E-state index contributed by atoms with van der Waals surface area (Å²) >= 11 is 0. The molecule has 10 heteroatoms. The van der Waals surface area contributed by atoms with Crippen molar-refractivity contribution < 1.29 is 4.74 Å². The summed E-state index contributed by atoms with van der Waals surface area (Å²) in [5.74, 6) is 0.701. The third-order valence-corrected chi connectivity index (χ3v) is 2.69. The molecule has 10 nitrogen and oxygen atoms in total. The van der Waals surface area contributed by atoms with Gasteiger partial charge in [-0.25, -0.2) is 0 Å². The standard InChI is InChI=1S/C11H10N8O2/c1-21-7-4-2-6(3-5-7)14-15-8-9(12)13-11-16-17-18-19(11)10(8)20/h2-5H,12H2,1H3,(H,13,16,18). The number of aromatic nitrogens is 5.